The van der Waals surface area contributed by atoms with Gasteiger partial charge < -0.3 is 19.3 Å². The summed E-state index contributed by atoms with van der Waals surface area (Å²) in [6.07, 6.45) is 2.70. The van der Waals surface area contributed by atoms with Crippen LogP contribution in [0.2, 0.25) is 5.02 Å². The summed E-state index contributed by atoms with van der Waals surface area (Å²) in [5, 5.41) is 21.0. The lowest BCUT2D eigenvalue weighted by molar-refractivity contribution is -0.132. The van der Waals surface area contributed by atoms with Gasteiger partial charge in [0.1, 0.15) is 11.5 Å². The molecule has 5 rings (SSSR count). The molecule has 4 aromatic rings. The molecule has 1 aliphatic rings. The highest BCUT2D eigenvalue weighted by Crippen LogP contribution is 2.46. The average molecular weight is 680 g/mol. The van der Waals surface area contributed by atoms with Crippen molar-refractivity contribution in [3.8, 4) is 17.2 Å². The fourth-order valence-electron chi connectivity index (χ4n) is 4.84. The summed E-state index contributed by atoms with van der Waals surface area (Å²) in [4.78, 5) is 28.7. The van der Waals surface area contributed by atoms with E-state index in [2.05, 4.69) is 17.1 Å². The molecule has 12 heteroatoms. The number of nitrogens with zero attached hydrogens (tertiary/aromatic N) is 3. The number of carbonyl (C=O) groups excluding carboxylic acids is 2. The Hall–Kier alpha value is -4.06. The van der Waals surface area contributed by atoms with Crippen LogP contribution in [-0.2, 0) is 15.3 Å². The second kappa shape index (κ2) is 15.5. The van der Waals surface area contributed by atoms with Crippen molar-refractivity contribution in [3.63, 3.8) is 0 Å². The molecule has 1 amide bonds. The topological polar surface area (TPSA) is 111 Å². The number of hydrogen-bond donors (Lipinski definition) is 1. The molecule has 1 saturated heterocycles. The highest BCUT2D eigenvalue weighted by Gasteiger charge is 2.48. The van der Waals surface area contributed by atoms with E-state index in [-0.39, 0.29) is 16.5 Å². The molecule has 1 aliphatic heterocycles. The number of ether oxygens (including phenoxy) is 3. The van der Waals surface area contributed by atoms with Crippen LogP contribution in [-0.4, -0.2) is 47.3 Å². The number of methoxy groups -OCH3 is 1. The van der Waals surface area contributed by atoms with E-state index in [0.29, 0.717) is 56.7 Å². The van der Waals surface area contributed by atoms with E-state index in [1.54, 1.807) is 42.5 Å². The first-order valence-electron chi connectivity index (χ1n) is 14.9. The van der Waals surface area contributed by atoms with Crippen LogP contribution in [0, 0.1) is 0 Å². The lowest BCUT2D eigenvalue weighted by Gasteiger charge is -2.23. The third kappa shape index (κ3) is 7.32. The van der Waals surface area contributed by atoms with Crippen molar-refractivity contribution in [3.05, 3.63) is 94.0 Å². The highest BCUT2D eigenvalue weighted by atomic mass is 35.5. The minimum absolute atomic E-state index is 0.0746. The molecular weight excluding hydrogens is 646 g/mol. The largest absolute Gasteiger partial charge is 0.507 e. The van der Waals surface area contributed by atoms with Crippen molar-refractivity contribution in [2.75, 3.05) is 25.2 Å². The van der Waals surface area contributed by atoms with Gasteiger partial charge in [0.2, 0.25) is 5.13 Å². The van der Waals surface area contributed by atoms with Crippen LogP contribution in [0.3, 0.4) is 0 Å². The molecule has 3 aromatic carbocycles. The first-order chi connectivity index (χ1) is 22.4. The molecule has 1 fully saturated rings. The van der Waals surface area contributed by atoms with Gasteiger partial charge in [-0.2, -0.15) is 0 Å². The maximum atomic E-state index is 13.7. The Bertz CT molecular complexity index is 1730. The van der Waals surface area contributed by atoms with E-state index < -0.39 is 17.7 Å². The van der Waals surface area contributed by atoms with E-state index >= 15 is 0 Å². The standard InChI is InChI=1S/C34H34ClN3O6S2/c1-4-6-18-44-26-16-13-22(19-27(26)42-3)29-28(30(39)21-11-14-24(15-12-21)43-17-5-2)31(40)32(41)38(29)33-36-37-34(46-33)45-20-23-9-7-8-10-25(23)35/h7-16,19,29,39H,4-6,17-18,20H2,1-3H3/b30-28-. The number of aliphatic hydroxyl groups excluding tert-OH is 1. The second-order valence-corrected chi connectivity index (χ2v) is 13.0. The van der Waals surface area contributed by atoms with E-state index in [1.165, 1.54) is 35.1 Å². The summed E-state index contributed by atoms with van der Waals surface area (Å²) < 4.78 is 17.8. The number of rotatable bonds is 14. The molecule has 46 heavy (non-hydrogen) atoms. The van der Waals surface area contributed by atoms with Crippen molar-refractivity contribution in [2.24, 2.45) is 0 Å². The summed E-state index contributed by atoms with van der Waals surface area (Å²) in [6, 6.07) is 18.5. The van der Waals surface area contributed by atoms with Crippen LogP contribution >= 0.6 is 34.7 Å². The van der Waals surface area contributed by atoms with Crippen molar-refractivity contribution in [1.82, 2.24) is 10.2 Å². The zero-order valence-corrected chi connectivity index (χ0v) is 28.1. The average Bonchev–Trinajstić information content (AvgIpc) is 3.65. The van der Waals surface area contributed by atoms with Gasteiger partial charge in [-0.05, 0) is 66.4 Å². The zero-order valence-electron chi connectivity index (χ0n) is 25.7. The summed E-state index contributed by atoms with van der Waals surface area (Å²) in [7, 11) is 1.53. The SMILES string of the molecule is CCCCOc1ccc(C2/C(=C(/O)c3ccc(OCCC)cc3)C(=O)C(=O)N2c2nnc(SCc3ccccc3Cl)s2)cc1OC. The Morgan fingerprint density at radius 1 is 0.978 bits per heavy atom. The number of benzene rings is 3. The molecule has 1 atom stereocenters. The Kier molecular flexibility index (Phi) is 11.2. The fraction of sp³-hybridized carbons (Fsp3) is 0.294. The Morgan fingerprint density at radius 3 is 2.48 bits per heavy atom. The van der Waals surface area contributed by atoms with Gasteiger partial charge in [0.25, 0.3) is 5.78 Å². The number of amides is 1. The minimum Gasteiger partial charge on any atom is -0.507 e. The van der Waals surface area contributed by atoms with E-state index in [4.69, 9.17) is 25.8 Å². The number of hydrogen-bond acceptors (Lipinski definition) is 10. The molecule has 240 valence electrons. The van der Waals surface area contributed by atoms with Gasteiger partial charge in [-0.15, -0.1) is 10.2 Å². The molecule has 1 aromatic heterocycles. The molecule has 2 heterocycles. The van der Waals surface area contributed by atoms with Gasteiger partial charge in [0, 0.05) is 16.3 Å². The smallest absolute Gasteiger partial charge is 0.301 e. The summed E-state index contributed by atoms with van der Waals surface area (Å²) in [5.41, 5.74) is 1.76. The lowest BCUT2D eigenvalue weighted by Crippen LogP contribution is -2.29. The number of anilines is 1. The number of thioether (sulfide) groups is 1. The van der Waals surface area contributed by atoms with E-state index in [0.717, 1.165) is 24.8 Å². The van der Waals surface area contributed by atoms with Crippen LogP contribution in [0.25, 0.3) is 5.76 Å². The number of aromatic nitrogens is 2. The van der Waals surface area contributed by atoms with Crippen LogP contribution in [0.4, 0.5) is 5.13 Å². The second-order valence-electron chi connectivity index (χ2n) is 10.4. The third-order valence-electron chi connectivity index (χ3n) is 7.21. The van der Waals surface area contributed by atoms with Gasteiger partial charge in [-0.1, -0.05) is 79.2 Å². The first kappa shape index (κ1) is 33.3. The highest BCUT2D eigenvalue weighted by molar-refractivity contribution is 8.00. The Morgan fingerprint density at radius 2 is 1.76 bits per heavy atom. The normalized spacial score (nSPS) is 15.7. The van der Waals surface area contributed by atoms with Crippen LogP contribution in [0.5, 0.6) is 17.2 Å². The maximum Gasteiger partial charge on any atom is 0.301 e. The number of carbonyl (C=O) groups is 2. The quantitative estimate of drug-likeness (QED) is 0.0353. The molecule has 1 N–H and O–H groups in total. The minimum atomic E-state index is -1.01. The van der Waals surface area contributed by atoms with Crippen molar-refractivity contribution < 1.29 is 28.9 Å². The van der Waals surface area contributed by atoms with Gasteiger partial charge in [0.15, 0.2) is 15.8 Å². The molecule has 0 bridgehead atoms. The van der Waals surface area contributed by atoms with Gasteiger partial charge in [0.05, 0.1) is 31.9 Å². The maximum absolute atomic E-state index is 13.7. The van der Waals surface area contributed by atoms with Gasteiger partial charge >= 0.3 is 5.91 Å². The van der Waals surface area contributed by atoms with Crippen molar-refractivity contribution >= 4 is 57.3 Å². The lowest BCUT2D eigenvalue weighted by atomic mass is 9.95. The number of unbranched alkanes of at least 4 members (excludes halogenated alkanes) is 1. The van der Waals surface area contributed by atoms with E-state index in [1.807, 2.05) is 31.2 Å². The molecular formula is C34H34ClN3O6S2. The number of Topliss-reactive ketones (excluding diaryl/α,β-unsaturated/α-hetero) is 1. The number of aliphatic hydroxyl groups is 1. The zero-order chi connectivity index (χ0) is 32.6. The molecule has 0 spiro atoms. The summed E-state index contributed by atoms with van der Waals surface area (Å²) in [6.45, 7) is 5.16. The Labute approximate surface area is 281 Å². The predicted octanol–water partition coefficient (Wildman–Crippen LogP) is 8.09. The number of ketones is 1. The fourth-order valence-corrected chi connectivity index (χ4v) is 7.00. The first-order valence-corrected chi connectivity index (χ1v) is 17.1. The predicted molar refractivity (Wildman–Crippen MR) is 181 cm³/mol. The molecule has 1 unspecified atom stereocenters. The van der Waals surface area contributed by atoms with Gasteiger partial charge in [-0.3, -0.25) is 14.5 Å². The van der Waals surface area contributed by atoms with Crippen molar-refractivity contribution in [2.45, 2.75) is 49.2 Å². The summed E-state index contributed by atoms with van der Waals surface area (Å²) >= 11 is 8.93. The van der Waals surface area contributed by atoms with Gasteiger partial charge in [-0.25, -0.2) is 0 Å². The molecule has 9 nitrogen and oxygen atoms in total. The third-order valence-corrected chi connectivity index (χ3v) is 9.69. The monoisotopic (exact) mass is 679 g/mol. The summed E-state index contributed by atoms with van der Waals surface area (Å²) in [5.74, 6) is 0.179. The van der Waals surface area contributed by atoms with Crippen LogP contribution < -0.4 is 19.1 Å². The Balaban J connectivity index is 1.54. The van der Waals surface area contributed by atoms with E-state index in [9.17, 15) is 14.7 Å². The van der Waals surface area contributed by atoms with Crippen LogP contribution in [0.15, 0.2) is 76.6 Å². The molecule has 0 saturated carbocycles. The molecule has 0 aliphatic carbocycles. The van der Waals surface area contributed by atoms with Crippen molar-refractivity contribution in [1.29, 1.82) is 0 Å². The molecule has 0 radical (unpaired) electrons. The number of halogens is 1. The van der Waals surface area contributed by atoms with Crippen LogP contribution in [0.1, 0.15) is 55.8 Å².